The first-order valence-electron chi connectivity index (χ1n) is 6.66. The molecule has 0 saturated carbocycles. The Bertz CT molecular complexity index is 913. The molecule has 0 aliphatic heterocycles. The van der Waals surface area contributed by atoms with Crippen molar-refractivity contribution in [3.05, 3.63) is 80.6 Å². The van der Waals surface area contributed by atoms with Crippen molar-refractivity contribution in [2.24, 2.45) is 0 Å². The van der Waals surface area contributed by atoms with Gasteiger partial charge in [0, 0.05) is 22.1 Å². The number of pyridine rings is 1. The summed E-state index contributed by atoms with van der Waals surface area (Å²) in [5, 5.41) is 10.1. The van der Waals surface area contributed by atoms with E-state index in [0.29, 0.717) is 22.3 Å². The summed E-state index contributed by atoms with van der Waals surface area (Å²) in [7, 11) is 0. The lowest BCUT2D eigenvalue weighted by Gasteiger charge is -2.05. The largest absolute Gasteiger partial charge is 0.477 e. The molecule has 2 aromatic carbocycles. The third-order valence-electron chi connectivity index (χ3n) is 3.50. The van der Waals surface area contributed by atoms with Crippen LogP contribution in [-0.4, -0.2) is 16.1 Å². The van der Waals surface area contributed by atoms with Crippen LogP contribution in [0.5, 0.6) is 0 Å². The minimum atomic E-state index is -1.23. The monoisotopic (exact) mass is 313 g/mol. The molecule has 1 heterocycles. The molecular weight excluding hydrogens is 302 g/mol. The number of nitrogens with one attached hydrogen (secondary N) is 1. The van der Waals surface area contributed by atoms with Gasteiger partial charge in [-0.1, -0.05) is 29.8 Å². The van der Waals surface area contributed by atoms with Crippen molar-refractivity contribution in [3.8, 4) is 0 Å². The molecule has 0 bridgehead atoms. The second kappa shape index (κ2) is 5.66. The number of aromatic carboxylic acids is 1. The van der Waals surface area contributed by atoms with Gasteiger partial charge in [0.2, 0.25) is 5.43 Å². The summed E-state index contributed by atoms with van der Waals surface area (Å²) in [5.74, 6) is -1.23. The van der Waals surface area contributed by atoms with Gasteiger partial charge in [-0.2, -0.15) is 0 Å². The van der Waals surface area contributed by atoms with Gasteiger partial charge >= 0.3 is 5.97 Å². The molecule has 0 aliphatic carbocycles. The number of H-pyrrole nitrogens is 1. The van der Waals surface area contributed by atoms with Crippen LogP contribution in [0.25, 0.3) is 10.9 Å². The van der Waals surface area contributed by atoms with E-state index < -0.39 is 11.4 Å². The van der Waals surface area contributed by atoms with Crippen LogP contribution >= 0.6 is 11.6 Å². The van der Waals surface area contributed by atoms with Crippen molar-refractivity contribution in [3.63, 3.8) is 0 Å². The molecule has 2 N–H and O–H groups in total. The number of carboxylic acid groups (broad SMARTS) is 1. The molecule has 0 aliphatic rings. The Morgan fingerprint density at radius 3 is 2.45 bits per heavy atom. The number of hydrogen-bond acceptors (Lipinski definition) is 2. The van der Waals surface area contributed by atoms with E-state index in [0.717, 1.165) is 11.1 Å². The van der Waals surface area contributed by atoms with Crippen LogP contribution in [-0.2, 0) is 6.42 Å². The lowest BCUT2D eigenvalue weighted by molar-refractivity contribution is 0.0695. The van der Waals surface area contributed by atoms with Crippen LogP contribution < -0.4 is 5.43 Å². The standard InChI is InChI=1S/C17H12ClNO3/c18-12-4-1-10(2-5-12)7-11-3-6-15-13(8-11)16(20)14(9-19-15)17(21)22/h1-6,8-9H,7H2,(H,19,20)(H,21,22). The summed E-state index contributed by atoms with van der Waals surface area (Å²) >= 11 is 5.86. The van der Waals surface area contributed by atoms with Crippen molar-refractivity contribution < 1.29 is 9.90 Å². The Kier molecular flexibility index (Phi) is 3.69. The molecule has 0 unspecified atom stereocenters. The number of aromatic nitrogens is 1. The molecule has 5 heteroatoms. The Hall–Kier alpha value is -2.59. The fraction of sp³-hybridized carbons (Fsp3) is 0.0588. The normalized spacial score (nSPS) is 10.8. The molecule has 4 nitrogen and oxygen atoms in total. The maximum Gasteiger partial charge on any atom is 0.341 e. The van der Waals surface area contributed by atoms with E-state index in [1.165, 1.54) is 6.20 Å². The van der Waals surface area contributed by atoms with Crippen molar-refractivity contribution in [1.29, 1.82) is 0 Å². The van der Waals surface area contributed by atoms with Crippen LogP contribution in [0, 0.1) is 0 Å². The molecule has 0 amide bonds. The average molecular weight is 314 g/mol. The van der Waals surface area contributed by atoms with Gasteiger partial charge in [0.1, 0.15) is 5.56 Å². The number of carbonyl (C=O) groups is 1. The number of aromatic amines is 1. The molecule has 0 saturated heterocycles. The first-order valence-corrected chi connectivity index (χ1v) is 7.04. The highest BCUT2D eigenvalue weighted by Gasteiger charge is 2.11. The highest BCUT2D eigenvalue weighted by molar-refractivity contribution is 6.30. The van der Waals surface area contributed by atoms with Gasteiger partial charge in [-0.25, -0.2) is 4.79 Å². The van der Waals surface area contributed by atoms with E-state index in [-0.39, 0.29) is 5.56 Å². The molecule has 3 aromatic rings. The number of carboxylic acids is 1. The number of fused-ring (bicyclic) bond motifs is 1. The van der Waals surface area contributed by atoms with Crippen LogP contribution in [0.2, 0.25) is 5.02 Å². The van der Waals surface area contributed by atoms with Crippen LogP contribution in [0.15, 0.2) is 53.5 Å². The predicted octanol–water partition coefficient (Wildman–Crippen LogP) is 3.47. The number of hydrogen-bond donors (Lipinski definition) is 2. The molecular formula is C17H12ClNO3. The first-order chi connectivity index (χ1) is 10.5. The van der Waals surface area contributed by atoms with E-state index >= 15 is 0 Å². The average Bonchev–Trinajstić information content (AvgIpc) is 2.50. The Morgan fingerprint density at radius 2 is 1.77 bits per heavy atom. The zero-order valence-corrected chi connectivity index (χ0v) is 12.2. The van der Waals surface area contributed by atoms with Crippen LogP contribution in [0.4, 0.5) is 0 Å². The summed E-state index contributed by atoms with van der Waals surface area (Å²) in [4.78, 5) is 26.1. The highest BCUT2D eigenvalue weighted by atomic mass is 35.5. The maximum atomic E-state index is 12.2. The van der Waals surface area contributed by atoms with Gasteiger partial charge in [-0.3, -0.25) is 4.79 Å². The van der Waals surface area contributed by atoms with Gasteiger partial charge in [0.05, 0.1) is 0 Å². The number of benzene rings is 2. The second-order valence-electron chi connectivity index (χ2n) is 5.02. The van der Waals surface area contributed by atoms with Gasteiger partial charge in [0.15, 0.2) is 0 Å². The van der Waals surface area contributed by atoms with Crippen molar-refractivity contribution in [2.75, 3.05) is 0 Å². The molecule has 0 atom stereocenters. The summed E-state index contributed by atoms with van der Waals surface area (Å²) in [6.07, 6.45) is 1.87. The van der Waals surface area contributed by atoms with Gasteiger partial charge in [-0.15, -0.1) is 0 Å². The molecule has 0 radical (unpaired) electrons. The Balaban J connectivity index is 2.05. The Labute approximate surface area is 131 Å². The zero-order valence-electron chi connectivity index (χ0n) is 11.5. The van der Waals surface area contributed by atoms with Gasteiger partial charge in [0.25, 0.3) is 0 Å². The molecule has 3 rings (SSSR count). The van der Waals surface area contributed by atoms with Gasteiger partial charge < -0.3 is 10.1 Å². The van der Waals surface area contributed by atoms with E-state index in [1.807, 2.05) is 30.3 Å². The minimum absolute atomic E-state index is 0.254. The fourth-order valence-electron chi connectivity index (χ4n) is 2.37. The Morgan fingerprint density at radius 1 is 1.09 bits per heavy atom. The fourth-order valence-corrected chi connectivity index (χ4v) is 2.50. The van der Waals surface area contributed by atoms with Crippen molar-refractivity contribution >= 4 is 28.5 Å². The smallest absolute Gasteiger partial charge is 0.341 e. The molecule has 0 spiro atoms. The topological polar surface area (TPSA) is 70.2 Å². The van der Waals surface area contributed by atoms with E-state index in [9.17, 15) is 9.59 Å². The maximum absolute atomic E-state index is 12.2. The second-order valence-corrected chi connectivity index (χ2v) is 5.46. The molecule has 110 valence electrons. The van der Waals surface area contributed by atoms with Crippen LogP contribution in [0.1, 0.15) is 21.5 Å². The minimum Gasteiger partial charge on any atom is -0.477 e. The number of halogens is 1. The molecule has 0 fully saturated rings. The number of rotatable bonds is 3. The molecule has 1 aromatic heterocycles. The third-order valence-corrected chi connectivity index (χ3v) is 3.75. The van der Waals surface area contributed by atoms with Crippen LogP contribution in [0.3, 0.4) is 0 Å². The first kappa shape index (κ1) is 14.4. The quantitative estimate of drug-likeness (QED) is 0.778. The van der Waals surface area contributed by atoms with Crippen molar-refractivity contribution in [2.45, 2.75) is 6.42 Å². The summed E-state index contributed by atoms with van der Waals surface area (Å²) in [5.41, 5.74) is 1.89. The van der Waals surface area contributed by atoms with E-state index in [4.69, 9.17) is 16.7 Å². The van der Waals surface area contributed by atoms with Gasteiger partial charge in [-0.05, 0) is 41.8 Å². The van der Waals surface area contributed by atoms with Crippen molar-refractivity contribution in [1.82, 2.24) is 4.98 Å². The summed E-state index contributed by atoms with van der Waals surface area (Å²) in [6, 6.07) is 12.9. The highest BCUT2D eigenvalue weighted by Crippen LogP contribution is 2.17. The summed E-state index contributed by atoms with van der Waals surface area (Å²) < 4.78 is 0. The molecule has 22 heavy (non-hydrogen) atoms. The zero-order chi connectivity index (χ0) is 15.7. The SMILES string of the molecule is O=C(O)c1c[nH]c2ccc(Cc3ccc(Cl)cc3)cc2c1=O. The lowest BCUT2D eigenvalue weighted by atomic mass is 10.0. The summed E-state index contributed by atoms with van der Waals surface area (Å²) in [6.45, 7) is 0. The lowest BCUT2D eigenvalue weighted by Crippen LogP contribution is -2.15. The van der Waals surface area contributed by atoms with E-state index in [1.54, 1.807) is 12.1 Å². The third kappa shape index (κ3) is 2.73. The predicted molar refractivity (Wildman–Crippen MR) is 85.8 cm³/mol. The van der Waals surface area contributed by atoms with E-state index in [2.05, 4.69) is 4.98 Å².